The fourth-order valence-corrected chi connectivity index (χ4v) is 0.320. The third-order valence-electron chi connectivity index (χ3n) is 0.442. The molecule has 3 heteroatoms. The van der Waals surface area contributed by atoms with Gasteiger partial charge in [-0.2, -0.15) is 4.33 Å². The van der Waals surface area contributed by atoms with Crippen molar-refractivity contribution in [2.45, 2.75) is 6.92 Å². The van der Waals surface area contributed by atoms with Gasteiger partial charge in [0.25, 0.3) is 0 Å². The zero-order valence-corrected chi connectivity index (χ0v) is 6.08. The molecule has 0 aliphatic heterocycles. The van der Waals surface area contributed by atoms with Crippen LogP contribution in [-0.2, 0) is 4.33 Å². The van der Waals surface area contributed by atoms with Crippen LogP contribution in [0.1, 0.15) is 6.92 Å². The van der Waals surface area contributed by atoms with Gasteiger partial charge in [0.15, 0.2) is 0 Å². The van der Waals surface area contributed by atoms with E-state index in [0.717, 1.165) is 0 Å². The van der Waals surface area contributed by atoms with Crippen molar-refractivity contribution in [2.75, 3.05) is 0 Å². The van der Waals surface area contributed by atoms with E-state index < -0.39 is 0 Å². The highest BCUT2D eigenvalue weighted by molar-refractivity contribution is 7.99. The summed E-state index contributed by atoms with van der Waals surface area (Å²) in [6, 6.07) is 0. The molecule has 0 radical (unpaired) electrons. The van der Waals surface area contributed by atoms with Gasteiger partial charge in [0.1, 0.15) is 12.0 Å². The van der Waals surface area contributed by atoms with Gasteiger partial charge in [-0.25, -0.2) is 5.26 Å². The molecule has 10 heavy (non-hydrogen) atoms. The average molecular weight is 152 g/mol. The van der Waals surface area contributed by atoms with E-state index >= 15 is 0 Å². The van der Waals surface area contributed by atoms with Gasteiger partial charge in [-0.05, 0) is 24.7 Å². The van der Waals surface area contributed by atoms with Crippen molar-refractivity contribution < 1.29 is 9.59 Å². The second-order valence-electron chi connectivity index (χ2n) is 1.01. The maximum Gasteiger partial charge on any atom is 0.122 e. The van der Waals surface area contributed by atoms with Gasteiger partial charge in [0.05, 0.1) is 0 Å². The Morgan fingerprint density at radius 2 is 1.90 bits per heavy atom. The first-order chi connectivity index (χ1) is 4.91. The van der Waals surface area contributed by atoms with Gasteiger partial charge in [-0.3, -0.25) is 0 Å². The first-order valence-electron chi connectivity index (χ1n) is 2.30. The van der Waals surface area contributed by atoms with Crippen molar-refractivity contribution in [3.8, 4) is 34.9 Å². The summed E-state index contributed by atoms with van der Waals surface area (Å²) < 4.78 is 3.59. The summed E-state index contributed by atoms with van der Waals surface area (Å²) in [5.74, 6) is 12.3. The minimum absolute atomic E-state index is 0.610. The molecule has 0 spiro atoms. The third-order valence-corrected chi connectivity index (χ3v) is 0.702. The van der Waals surface area contributed by atoms with Crippen LogP contribution < -0.4 is 0 Å². The van der Waals surface area contributed by atoms with Crippen LogP contribution in [0.15, 0.2) is 0 Å². The summed E-state index contributed by atoms with van der Waals surface area (Å²) in [5, 5.41) is 10.1. The van der Waals surface area contributed by atoms with E-state index in [1.54, 1.807) is 6.92 Å². The highest BCUT2D eigenvalue weighted by atomic mass is 32.2. The molecule has 0 aliphatic carbocycles. The van der Waals surface area contributed by atoms with Crippen LogP contribution in [0.25, 0.3) is 0 Å². The Morgan fingerprint density at radius 3 is 2.50 bits per heavy atom. The average Bonchev–Trinajstić information content (AvgIpc) is 1.97. The second kappa shape index (κ2) is 7.95. The van der Waals surface area contributed by atoms with E-state index in [4.69, 9.17) is 5.26 Å². The van der Waals surface area contributed by atoms with Crippen molar-refractivity contribution in [3.63, 3.8) is 0 Å². The van der Waals surface area contributed by atoms with Crippen molar-refractivity contribution in [3.05, 3.63) is 0 Å². The topological polar surface area (TPSA) is 29.5 Å². The van der Waals surface area contributed by atoms with E-state index in [2.05, 4.69) is 39.2 Å². The largest absolute Gasteiger partial charge is 0.238 e. The first kappa shape index (κ1) is 8.95. The zero-order chi connectivity index (χ0) is 7.66. The normalized spacial score (nSPS) is 5.40. The minimum atomic E-state index is 0.610. The van der Waals surface area contributed by atoms with Crippen LogP contribution in [0.4, 0.5) is 0 Å². The molecule has 0 unspecified atom stereocenters. The summed E-state index contributed by atoms with van der Waals surface area (Å²) in [5.41, 5.74) is 0. The molecule has 0 saturated heterocycles. The van der Waals surface area contributed by atoms with E-state index in [0.29, 0.717) is 12.0 Å². The van der Waals surface area contributed by atoms with Crippen LogP contribution in [0.3, 0.4) is 0 Å². The highest BCUT2D eigenvalue weighted by Gasteiger charge is 1.67. The molecular weight excluding hydrogens is 148 g/mol. The van der Waals surface area contributed by atoms with Gasteiger partial charge in [-0.1, -0.05) is 5.92 Å². The predicted octanol–water partition coefficient (Wildman–Crippen LogP) is 1.11. The van der Waals surface area contributed by atoms with Gasteiger partial charge in [0, 0.05) is 11.2 Å². The number of hydrogen-bond donors (Lipinski definition) is 1. The molecule has 0 aromatic heterocycles. The van der Waals surface area contributed by atoms with Gasteiger partial charge < -0.3 is 0 Å². The molecule has 2 nitrogen and oxygen atoms in total. The molecule has 0 amide bonds. The fraction of sp³-hybridized carbons (Fsp3) is 0.143. The Bertz CT molecular complexity index is 251. The maximum atomic E-state index is 7.75. The lowest BCUT2D eigenvalue weighted by molar-refractivity contribution is -0.115. The minimum Gasteiger partial charge on any atom is -0.238 e. The molecule has 0 saturated carbocycles. The number of rotatable bonds is 1. The number of hydrogen-bond acceptors (Lipinski definition) is 3. The third kappa shape index (κ3) is 6.95. The quantitative estimate of drug-likeness (QED) is 0.264. The van der Waals surface area contributed by atoms with Crippen molar-refractivity contribution in [1.29, 1.82) is 0 Å². The summed E-state index contributed by atoms with van der Waals surface area (Å²) in [6.07, 6.45) is 0. The predicted molar refractivity (Wildman–Crippen MR) is 40.3 cm³/mol. The lowest BCUT2D eigenvalue weighted by atomic mass is 10.5. The van der Waals surface area contributed by atoms with E-state index in [1.165, 1.54) is 0 Å². The van der Waals surface area contributed by atoms with Crippen LogP contribution in [0, 0.1) is 34.9 Å². The molecule has 0 rings (SSSR count). The van der Waals surface area contributed by atoms with Gasteiger partial charge >= 0.3 is 0 Å². The van der Waals surface area contributed by atoms with Crippen molar-refractivity contribution in [2.24, 2.45) is 0 Å². The smallest absolute Gasteiger partial charge is 0.122 e. The Balaban J connectivity index is 3.63. The van der Waals surface area contributed by atoms with Gasteiger partial charge in [-0.15, -0.1) is 0 Å². The SMILES string of the molecule is CC#CC#CC#CSOO. The summed E-state index contributed by atoms with van der Waals surface area (Å²) in [7, 11) is 0. The zero-order valence-electron chi connectivity index (χ0n) is 5.26. The Hall–Kier alpha value is -1.05. The molecule has 0 heterocycles. The van der Waals surface area contributed by atoms with E-state index in [9.17, 15) is 0 Å². The van der Waals surface area contributed by atoms with E-state index in [1.807, 2.05) is 0 Å². The van der Waals surface area contributed by atoms with Crippen LogP contribution in [0.5, 0.6) is 0 Å². The Labute approximate surface area is 64.1 Å². The second-order valence-corrected chi connectivity index (χ2v) is 1.53. The maximum absolute atomic E-state index is 7.75. The molecule has 1 N–H and O–H groups in total. The Morgan fingerprint density at radius 1 is 1.20 bits per heavy atom. The lowest BCUT2D eigenvalue weighted by Crippen LogP contribution is -1.58. The molecule has 0 atom stereocenters. The summed E-state index contributed by atoms with van der Waals surface area (Å²) in [6.45, 7) is 1.69. The van der Waals surface area contributed by atoms with Crippen molar-refractivity contribution in [1.82, 2.24) is 0 Å². The molecule has 0 bridgehead atoms. The molecule has 50 valence electrons. The molecular formula is C7H4O2S. The van der Waals surface area contributed by atoms with Crippen LogP contribution >= 0.6 is 12.0 Å². The monoisotopic (exact) mass is 152 g/mol. The molecule has 0 fully saturated rings. The molecule has 0 aliphatic rings. The summed E-state index contributed by atoms with van der Waals surface area (Å²) >= 11 is 0.610. The van der Waals surface area contributed by atoms with Crippen molar-refractivity contribution >= 4 is 12.0 Å². The summed E-state index contributed by atoms with van der Waals surface area (Å²) in [4.78, 5) is 0. The standard InChI is InChI=1S/C7H4O2S/c1-2-3-4-5-6-7-10-9-8/h8H,1H3. The molecule has 0 aromatic rings. The molecule has 0 aromatic carbocycles. The Kier molecular flexibility index (Phi) is 7.12. The van der Waals surface area contributed by atoms with Gasteiger partial charge in [0.2, 0.25) is 0 Å². The fourth-order valence-electron chi connectivity index (χ4n) is 0.190. The van der Waals surface area contributed by atoms with Crippen LogP contribution in [0.2, 0.25) is 0 Å². The van der Waals surface area contributed by atoms with E-state index in [-0.39, 0.29) is 0 Å². The first-order valence-corrected chi connectivity index (χ1v) is 3.04. The van der Waals surface area contributed by atoms with Crippen LogP contribution in [-0.4, -0.2) is 5.26 Å². The lowest BCUT2D eigenvalue weighted by Gasteiger charge is -1.72. The highest BCUT2D eigenvalue weighted by Crippen LogP contribution is 1.91.